The van der Waals surface area contributed by atoms with Gasteiger partial charge in [0.2, 0.25) is 0 Å². The van der Waals surface area contributed by atoms with E-state index in [0.717, 1.165) is 10.2 Å². The molecule has 84 valence electrons. The molecule has 0 amide bonds. The Morgan fingerprint density at radius 1 is 1.25 bits per heavy atom. The number of nitrogens with zero attached hydrogens (tertiary/aromatic N) is 4. The van der Waals surface area contributed by atoms with Crippen LogP contribution >= 0.6 is 15.9 Å². The SMILES string of the molecule is CC(C)(C)c1ccc(Br)cc1-n1ncnn1. The summed E-state index contributed by atoms with van der Waals surface area (Å²) in [7, 11) is 0. The topological polar surface area (TPSA) is 43.6 Å². The standard InChI is InChI=1S/C11H13BrN4/c1-11(2,3)9-5-4-8(12)6-10(9)16-14-7-13-15-16/h4-7H,1-3H3. The van der Waals surface area contributed by atoms with Crippen LogP contribution in [0.4, 0.5) is 0 Å². The molecule has 0 atom stereocenters. The van der Waals surface area contributed by atoms with E-state index in [9.17, 15) is 0 Å². The maximum Gasteiger partial charge on any atom is 0.162 e. The van der Waals surface area contributed by atoms with E-state index in [1.165, 1.54) is 11.9 Å². The molecule has 16 heavy (non-hydrogen) atoms. The molecule has 0 aliphatic carbocycles. The second-order valence-corrected chi connectivity index (χ2v) is 5.55. The summed E-state index contributed by atoms with van der Waals surface area (Å²) < 4.78 is 1.01. The minimum Gasteiger partial charge on any atom is -0.135 e. The van der Waals surface area contributed by atoms with Crippen molar-refractivity contribution in [2.75, 3.05) is 0 Å². The Kier molecular flexibility index (Phi) is 2.80. The van der Waals surface area contributed by atoms with Gasteiger partial charge in [-0.2, -0.15) is 0 Å². The third-order valence-corrected chi connectivity index (χ3v) is 2.83. The van der Waals surface area contributed by atoms with Gasteiger partial charge in [-0.1, -0.05) is 42.8 Å². The van der Waals surface area contributed by atoms with Crippen LogP contribution in [-0.2, 0) is 5.41 Å². The zero-order valence-electron chi connectivity index (χ0n) is 9.48. The van der Waals surface area contributed by atoms with Gasteiger partial charge >= 0.3 is 0 Å². The minimum absolute atomic E-state index is 0.0453. The van der Waals surface area contributed by atoms with Crippen LogP contribution in [0.5, 0.6) is 0 Å². The second kappa shape index (κ2) is 3.97. The molecular formula is C11H13BrN4. The maximum atomic E-state index is 4.08. The molecule has 4 nitrogen and oxygen atoms in total. The number of aromatic nitrogens is 4. The van der Waals surface area contributed by atoms with Crippen LogP contribution in [0.25, 0.3) is 5.69 Å². The highest BCUT2D eigenvalue weighted by atomic mass is 79.9. The molecule has 0 aliphatic rings. The van der Waals surface area contributed by atoms with Crippen molar-refractivity contribution in [3.8, 4) is 5.69 Å². The van der Waals surface area contributed by atoms with E-state index in [-0.39, 0.29) is 5.41 Å². The molecule has 0 fully saturated rings. The fraction of sp³-hybridized carbons (Fsp3) is 0.364. The smallest absolute Gasteiger partial charge is 0.135 e. The van der Waals surface area contributed by atoms with Crippen LogP contribution in [0.15, 0.2) is 29.0 Å². The van der Waals surface area contributed by atoms with E-state index in [2.05, 4.69) is 58.2 Å². The first-order valence-electron chi connectivity index (χ1n) is 5.02. The molecule has 0 spiro atoms. The molecule has 0 saturated carbocycles. The number of halogens is 1. The van der Waals surface area contributed by atoms with Crippen LogP contribution in [-0.4, -0.2) is 20.2 Å². The van der Waals surface area contributed by atoms with Gasteiger partial charge in [-0.15, -0.1) is 15.0 Å². The van der Waals surface area contributed by atoms with Gasteiger partial charge in [0.05, 0.1) is 5.69 Å². The Bertz CT molecular complexity index is 485. The van der Waals surface area contributed by atoms with E-state index in [1.807, 2.05) is 12.1 Å². The van der Waals surface area contributed by atoms with Crippen molar-refractivity contribution < 1.29 is 0 Å². The largest absolute Gasteiger partial charge is 0.162 e. The van der Waals surface area contributed by atoms with Crippen LogP contribution < -0.4 is 0 Å². The van der Waals surface area contributed by atoms with Crippen LogP contribution in [0.1, 0.15) is 26.3 Å². The first-order valence-corrected chi connectivity index (χ1v) is 5.81. The summed E-state index contributed by atoms with van der Waals surface area (Å²) in [5, 5.41) is 11.7. The number of hydrogen-bond donors (Lipinski definition) is 0. The van der Waals surface area contributed by atoms with Crippen molar-refractivity contribution in [2.45, 2.75) is 26.2 Å². The maximum absolute atomic E-state index is 4.08. The average Bonchev–Trinajstić information content (AvgIpc) is 2.68. The fourth-order valence-electron chi connectivity index (χ4n) is 1.58. The van der Waals surface area contributed by atoms with Gasteiger partial charge in [0, 0.05) is 4.47 Å². The quantitative estimate of drug-likeness (QED) is 0.807. The molecule has 0 N–H and O–H groups in total. The summed E-state index contributed by atoms with van der Waals surface area (Å²) in [5.74, 6) is 0. The molecule has 0 radical (unpaired) electrons. The van der Waals surface area contributed by atoms with Gasteiger partial charge in [-0.3, -0.25) is 0 Å². The highest BCUT2D eigenvalue weighted by Gasteiger charge is 2.19. The fourth-order valence-corrected chi connectivity index (χ4v) is 1.93. The first kappa shape index (κ1) is 11.3. The third kappa shape index (κ3) is 2.14. The van der Waals surface area contributed by atoms with Crippen LogP contribution in [0.2, 0.25) is 0 Å². The lowest BCUT2D eigenvalue weighted by atomic mass is 9.86. The summed E-state index contributed by atoms with van der Waals surface area (Å²) in [6, 6.07) is 6.12. The lowest BCUT2D eigenvalue weighted by Crippen LogP contribution is -2.16. The number of benzene rings is 1. The predicted molar refractivity (Wildman–Crippen MR) is 65.6 cm³/mol. The number of rotatable bonds is 1. The molecule has 0 saturated heterocycles. The number of tetrazole rings is 1. The molecule has 1 aromatic carbocycles. The lowest BCUT2D eigenvalue weighted by Gasteiger charge is -2.22. The van der Waals surface area contributed by atoms with Crippen molar-refractivity contribution in [2.24, 2.45) is 0 Å². The van der Waals surface area contributed by atoms with E-state index in [0.29, 0.717) is 0 Å². The van der Waals surface area contributed by atoms with Crippen molar-refractivity contribution >= 4 is 15.9 Å². The van der Waals surface area contributed by atoms with Gasteiger partial charge < -0.3 is 0 Å². The van der Waals surface area contributed by atoms with Gasteiger partial charge in [0.25, 0.3) is 0 Å². The average molecular weight is 281 g/mol. The molecule has 2 rings (SSSR count). The highest BCUT2D eigenvalue weighted by Crippen LogP contribution is 2.29. The third-order valence-electron chi connectivity index (χ3n) is 2.33. The Balaban J connectivity index is 2.63. The predicted octanol–water partition coefficient (Wildman–Crippen LogP) is 2.72. The van der Waals surface area contributed by atoms with E-state index in [4.69, 9.17) is 0 Å². The minimum atomic E-state index is 0.0453. The first-order chi connectivity index (χ1) is 7.48. The summed E-state index contributed by atoms with van der Waals surface area (Å²) >= 11 is 3.46. The van der Waals surface area contributed by atoms with E-state index in [1.54, 1.807) is 4.80 Å². The summed E-state index contributed by atoms with van der Waals surface area (Å²) in [4.78, 5) is 1.55. The van der Waals surface area contributed by atoms with E-state index >= 15 is 0 Å². The van der Waals surface area contributed by atoms with Crippen LogP contribution in [0, 0.1) is 0 Å². The summed E-state index contributed by atoms with van der Waals surface area (Å²) in [6.45, 7) is 6.49. The lowest BCUT2D eigenvalue weighted by molar-refractivity contribution is 0.575. The Labute approximate surface area is 103 Å². The molecule has 1 heterocycles. The normalized spacial score (nSPS) is 11.8. The molecule has 5 heteroatoms. The van der Waals surface area contributed by atoms with Gasteiger partial charge in [0.1, 0.15) is 0 Å². The molecule has 2 aromatic rings. The Morgan fingerprint density at radius 3 is 2.56 bits per heavy atom. The van der Waals surface area contributed by atoms with Gasteiger partial charge in [-0.25, -0.2) is 0 Å². The Hall–Kier alpha value is -1.23. The summed E-state index contributed by atoms with van der Waals surface area (Å²) in [5.41, 5.74) is 2.19. The van der Waals surface area contributed by atoms with Gasteiger partial charge in [-0.05, 0) is 28.3 Å². The molecule has 1 aromatic heterocycles. The van der Waals surface area contributed by atoms with Crippen molar-refractivity contribution in [3.05, 3.63) is 34.6 Å². The van der Waals surface area contributed by atoms with E-state index < -0.39 is 0 Å². The molecule has 0 unspecified atom stereocenters. The van der Waals surface area contributed by atoms with Crippen LogP contribution in [0.3, 0.4) is 0 Å². The molecule has 0 bridgehead atoms. The van der Waals surface area contributed by atoms with Crippen molar-refractivity contribution in [3.63, 3.8) is 0 Å². The molecular weight excluding hydrogens is 268 g/mol. The molecule has 0 aliphatic heterocycles. The zero-order valence-corrected chi connectivity index (χ0v) is 11.1. The number of hydrogen-bond acceptors (Lipinski definition) is 3. The second-order valence-electron chi connectivity index (χ2n) is 4.64. The van der Waals surface area contributed by atoms with Crippen molar-refractivity contribution in [1.82, 2.24) is 20.2 Å². The van der Waals surface area contributed by atoms with Gasteiger partial charge in [0.15, 0.2) is 6.33 Å². The highest BCUT2D eigenvalue weighted by molar-refractivity contribution is 9.10. The Morgan fingerprint density at radius 2 is 2.00 bits per heavy atom. The zero-order chi connectivity index (χ0) is 11.8. The monoisotopic (exact) mass is 280 g/mol. The van der Waals surface area contributed by atoms with Crippen molar-refractivity contribution in [1.29, 1.82) is 0 Å². The summed E-state index contributed by atoms with van der Waals surface area (Å²) in [6.07, 6.45) is 1.44.